The lowest BCUT2D eigenvalue weighted by Crippen LogP contribution is -2.67. The fraction of sp³-hybridized carbons (Fsp3) is 0.800. The van der Waals surface area contributed by atoms with Crippen LogP contribution >= 0.6 is 0 Å². The quantitative estimate of drug-likeness (QED) is 0.415. The average Bonchev–Trinajstić information content (AvgIpc) is 2.43. The van der Waals surface area contributed by atoms with E-state index in [0.717, 1.165) is 0 Å². The Labute approximate surface area is 119 Å². The maximum Gasteiger partial charge on any atom is 0.381 e. The molecule has 0 aliphatic rings. The molecule has 3 unspecified atom stereocenters. The summed E-state index contributed by atoms with van der Waals surface area (Å²) in [6.45, 7) is 2.22. The molecule has 0 aromatic carbocycles. The van der Waals surface area contributed by atoms with Crippen molar-refractivity contribution in [2.45, 2.75) is 48.6 Å². The van der Waals surface area contributed by atoms with E-state index in [0.29, 0.717) is 0 Å². The molecule has 0 fully saturated rings. The van der Waals surface area contributed by atoms with Gasteiger partial charge >= 0.3 is 23.7 Å². The van der Waals surface area contributed by atoms with Crippen LogP contribution in [0.1, 0.15) is 0 Å². The molecule has 0 saturated carbocycles. The second-order valence-corrected chi connectivity index (χ2v) is 4.21. The van der Waals surface area contributed by atoms with E-state index in [1.165, 1.54) is 0 Å². The molecule has 138 valence electrons. The third-order valence-corrected chi connectivity index (χ3v) is 2.65. The predicted molar refractivity (Wildman–Crippen MR) is 50.7 cm³/mol. The van der Waals surface area contributed by atoms with E-state index in [9.17, 15) is 57.1 Å². The van der Waals surface area contributed by atoms with E-state index in [1.54, 1.807) is 0 Å². The molecule has 0 spiro atoms. The second-order valence-electron chi connectivity index (χ2n) is 4.21. The fourth-order valence-corrected chi connectivity index (χ4v) is 1.24. The molecule has 0 aromatic heterocycles. The van der Waals surface area contributed by atoms with Gasteiger partial charge in [-0.3, -0.25) is 0 Å². The highest BCUT2D eigenvalue weighted by molar-refractivity contribution is 5.11. The van der Waals surface area contributed by atoms with E-state index in [1.807, 2.05) is 0 Å². The summed E-state index contributed by atoms with van der Waals surface area (Å²) in [6.07, 6.45) is -19.5. The summed E-state index contributed by atoms with van der Waals surface area (Å²) in [6, 6.07) is 0. The Morgan fingerprint density at radius 1 is 0.652 bits per heavy atom. The molecule has 0 bridgehead atoms. The summed E-state index contributed by atoms with van der Waals surface area (Å²) in [5.41, 5.74) is 0. The number of hydrogen-bond donors (Lipinski definition) is 0. The Balaban J connectivity index is 5.97. The molecule has 0 aromatic rings. The smallest absolute Gasteiger partial charge is 0.238 e. The molecule has 3 atom stereocenters. The standard InChI is InChI=1S/C10H7F13/c1-2-3(11)7(16,17)9(20,21)10(22,23)8(18,19)5(13)4(12)6(14)15/h2-6H,1H2. The molecular weight excluding hydrogens is 367 g/mol. The van der Waals surface area contributed by atoms with Crippen LogP contribution < -0.4 is 0 Å². The van der Waals surface area contributed by atoms with E-state index >= 15 is 0 Å². The van der Waals surface area contributed by atoms with Gasteiger partial charge in [0, 0.05) is 0 Å². The lowest BCUT2D eigenvalue weighted by Gasteiger charge is -2.38. The third-order valence-electron chi connectivity index (χ3n) is 2.65. The number of halogens is 13. The average molecular weight is 374 g/mol. The first-order valence-corrected chi connectivity index (χ1v) is 5.34. The SMILES string of the molecule is C=CC(F)C(F)(F)C(F)(F)C(F)(F)C(F)(F)C(F)C(F)C(F)F. The molecule has 13 heteroatoms. The van der Waals surface area contributed by atoms with Gasteiger partial charge in [0.25, 0.3) is 6.43 Å². The van der Waals surface area contributed by atoms with Gasteiger partial charge in [0.1, 0.15) is 0 Å². The number of alkyl halides is 13. The van der Waals surface area contributed by atoms with Crippen molar-refractivity contribution in [2.24, 2.45) is 0 Å². The normalized spacial score (nSPS) is 18.7. The monoisotopic (exact) mass is 374 g/mol. The maximum absolute atomic E-state index is 13.0. The molecule has 0 aliphatic carbocycles. The predicted octanol–water partition coefficient (Wildman–Crippen LogP) is 4.99. The lowest BCUT2D eigenvalue weighted by molar-refractivity contribution is -0.384. The van der Waals surface area contributed by atoms with Crippen molar-refractivity contribution < 1.29 is 57.1 Å². The first-order valence-electron chi connectivity index (χ1n) is 5.34. The largest absolute Gasteiger partial charge is 0.381 e. The van der Waals surface area contributed by atoms with E-state index in [-0.39, 0.29) is 0 Å². The minimum Gasteiger partial charge on any atom is -0.238 e. The van der Waals surface area contributed by atoms with Gasteiger partial charge in [-0.15, -0.1) is 0 Å². The van der Waals surface area contributed by atoms with Crippen LogP contribution in [0.25, 0.3) is 0 Å². The van der Waals surface area contributed by atoms with Gasteiger partial charge in [0.15, 0.2) is 12.3 Å². The number of rotatable bonds is 8. The van der Waals surface area contributed by atoms with Crippen molar-refractivity contribution in [3.05, 3.63) is 12.7 Å². The zero-order chi connectivity index (χ0) is 19.0. The zero-order valence-electron chi connectivity index (χ0n) is 10.5. The Bertz CT molecular complexity index is 415. The van der Waals surface area contributed by atoms with Gasteiger partial charge in [-0.2, -0.15) is 35.1 Å². The van der Waals surface area contributed by atoms with Crippen LogP contribution in [0, 0.1) is 0 Å². The molecule has 0 aliphatic heterocycles. The lowest BCUT2D eigenvalue weighted by atomic mass is 9.92. The summed E-state index contributed by atoms with van der Waals surface area (Å²) in [4.78, 5) is 0. The summed E-state index contributed by atoms with van der Waals surface area (Å²) < 4.78 is 165. The van der Waals surface area contributed by atoms with E-state index < -0.39 is 54.7 Å². The van der Waals surface area contributed by atoms with E-state index in [2.05, 4.69) is 6.58 Å². The molecule has 0 N–H and O–H groups in total. The van der Waals surface area contributed by atoms with Crippen LogP contribution in [-0.2, 0) is 0 Å². The van der Waals surface area contributed by atoms with Crippen LogP contribution in [-0.4, -0.2) is 48.6 Å². The zero-order valence-corrected chi connectivity index (χ0v) is 10.5. The van der Waals surface area contributed by atoms with Crippen molar-refractivity contribution in [1.29, 1.82) is 0 Å². The second kappa shape index (κ2) is 6.38. The molecule has 0 amide bonds. The Hall–Kier alpha value is -1.17. The Kier molecular flexibility index (Phi) is 6.06. The minimum absolute atomic E-state index is 0.633. The fourth-order valence-electron chi connectivity index (χ4n) is 1.24. The third kappa shape index (κ3) is 3.23. The molecule has 0 saturated heterocycles. The van der Waals surface area contributed by atoms with Crippen LogP contribution in [0.15, 0.2) is 12.7 Å². The summed E-state index contributed by atoms with van der Waals surface area (Å²) in [5.74, 6) is -28.2. The molecule has 0 heterocycles. The van der Waals surface area contributed by atoms with Crippen LogP contribution in [0.5, 0.6) is 0 Å². The first-order chi connectivity index (χ1) is 10.00. The van der Waals surface area contributed by atoms with Gasteiger partial charge in [-0.05, 0) is 0 Å². The van der Waals surface area contributed by atoms with Crippen LogP contribution in [0.2, 0.25) is 0 Å². The Morgan fingerprint density at radius 3 is 1.30 bits per heavy atom. The van der Waals surface area contributed by atoms with Crippen molar-refractivity contribution >= 4 is 0 Å². The summed E-state index contributed by atoms with van der Waals surface area (Å²) in [7, 11) is 0. The van der Waals surface area contributed by atoms with Gasteiger partial charge in [0.2, 0.25) is 6.17 Å². The highest BCUT2D eigenvalue weighted by Crippen LogP contribution is 2.56. The summed E-state index contributed by atoms with van der Waals surface area (Å²) in [5, 5.41) is 0. The maximum atomic E-state index is 13.0. The van der Waals surface area contributed by atoms with Gasteiger partial charge < -0.3 is 0 Å². The van der Waals surface area contributed by atoms with Gasteiger partial charge in [-0.25, -0.2) is 22.0 Å². The molecule has 0 rings (SSSR count). The first kappa shape index (κ1) is 21.8. The molecule has 23 heavy (non-hydrogen) atoms. The highest BCUT2D eigenvalue weighted by atomic mass is 19.4. The number of allylic oxidation sites excluding steroid dienone is 1. The summed E-state index contributed by atoms with van der Waals surface area (Å²) >= 11 is 0. The van der Waals surface area contributed by atoms with Crippen LogP contribution in [0.4, 0.5) is 57.1 Å². The van der Waals surface area contributed by atoms with Gasteiger partial charge in [-0.1, -0.05) is 12.7 Å². The van der Waals surface area contributed by atoms with Crippen molar-refractivity contribution in [1.82, 2.24) is 0 Å². The van der Waals surface area contributed by atoms with Gasteiger partial charge in [0.05, 0.1) is 0 Å². The van der Waals surface area contributed by atoms with Crippen molar-refractivity contribution in [3.8, 4) is 0 Å². The topological polar surface area (TPSA) is 0 Å². The van der Waals surface area contributed by atoms with E-state index in [4.69, 9.17) is 0 Å². The molecular formula is C10H7F13. The van der Waals surface area contributed by atoms with Crippen molar-refractivity contribution in [3.63, 3.8) is 0 Å². The highest BCUT2D eigenvalue weighted by Gasteiger charge is 2.84. The van der Waals surface area contributed by atoms with Crippen molar-refractivity contribution in [2.75, 3.05) is 0 Å². The Morgan fingerprint density at radius 2 is 1.00 bits per heavy atom. The minimum atomic E-state index is -7.41. The van der Waals surface area contributed by atoms with Crippen LogP contribution in [0.3, 0.4) is 0 Å². The number of hydrogen-bond acceptors (Lipinski definition) is 0. The molecule has 0 radical (unpaired) electrons. The molecule has 0 nitrogen and oxygen atoms in total.